The molecule has 0 spiro atoms. The molecule has 0 bridgehead atoms. The summed E-state index contributed by atoms with van der Waals surface area (Å²) >= 11 is 0. The van der Waals surface area contributed by atoms with Crippen LogP contribution < -0.4 is 0 Å². The quantitative estimate of drug-likeness (QED) is 0.0692. The van der Waals surface area contributed by atoms with Crippen molar-refractivity contribution in [2.24, 2.45) is 0 Å². The Bertz CT molecular complexity index is 973. The summed E-state index contributed by atoms with van der Waals surface area (Å²) in [6.07, 6.45) is -9.89. The lowest BCUT2D eigenvalue weighted by molar-refractivity contribution is -0.440. The third kappa shape index (κ3) is 22.4. The Labute approximate surface area is 326 Å². The first-order chi connectivity index (χ1) is 27.3. The second-order valence-electron chi connectivity index (χ2n) is 11.3. The number of halogens is 13. The van der Waals surface area contributed by atoms with Crippen LogP contribution in [-0.2, 0) is 56.8 Å². The molecule has 0 aromatic heterocycles. The van der Waals surface area contributed by atoms with Crippen LogP contribution in [-0.4, -0.2) is 206 Å². The van der Waals surface area contributed by atoms with Gasteiger partial charge < -0.3 is 61.9 Å². The van der Waals surface area contributed by atoms with Gasteiger partial charge in [-0.15, -0.1) is 0 Å². The summed E-state index contributed by atoms with van der Waals surface area (Å²) in [6, 6.07) is 0. The third-order valence-corrected chi connectivity index (χ3v) is 6.89. The van der Waals surface area contributed by atoms with Gasteiger partial charge in [-0.25, -0.2) is 0 Å². The normalized spacial score (nSPS) is 13.6. The highest BCUT2D eigenvalue weighted by molar-refractivity contribution is 5.10. The van der Waals surface area contributed by atoms with Crippen LogP contribution in [0.25, 0.3) is 0 Å². The minimum atomic E-state index is -7.93. The first-order valence-corrected chi connectivity index (χ1v) is 17.8. The molecule has 0 aromatic rings. The van der Waals surface area contributed by atoms with Gasteiger partial charge in [-0.1, -0.05) is 0 Å². The average Bonchev–Trinajstić information content (AvgIpc) is 3.15. The van der Waals surface area contributed by atoms with Crippen LogP contribution >= 0.6 is 0 Å². The summed E-state index contributed by atoms with van der Waals surface area (Å²) in [6.45, 7) is 4.24. The van der Waals surface area contributed by atoms with Crippen molar-refractivity contribution in [2.75, 3.05) is 165 Å². The van der Waals surface area contributed by atoms with Gasteiger partial charge in [0.15, 0.2) is 0 Å². The maximum absolute atomic E-state index is 13.7. The van der Waals surface area contributed by atoms with E-state index in [0.717, 1.165) is 0 Å². The monoisotopic (exact) mass is 892 g/mol. The minimum absolute atomic E-state index is 0.0133. The number of rotatable bonds is 42. The number of ether oxygens (including phenoxy) is 12. The molecule has 0 aromatic carbocycles. The third-order valence-electron chi connectivity index (χ3n) is 6.89. The Morgan fingerprint density at radius 2 is 0.431 bits per heavy atom. The fraction of sp³-hybridized carbons (Fsp3) is 1.00. The topological polar surface area (TPSA) is 131 Å². The molecule has 0 aliphatic rings. The fourth-order valence-corrected chi connectivity index (χ4v) is 3.75. The number of aliphatic hydroxyl groups is 1. The Morgan fingerprint density at radius 3 is 0.638 bits per heavy atom. The molecule has 58 heavy (non-hydrogen) atoms. The average molecular weight is 893 g/mol. The summed E-state index contributed by atoms with van der Waals surface area (Å²) in [7, 11) is 0. The second-order valence-corrected chi connectivity index (χ2v) is 11.3. The lowest BCUT2D eigenvalue weighted by Gasteiger charge is -2.39. The molecule has 0 rings (SSSR count). The molecule has 0 aliphatic carbocycles. The zero-order valence-corrected chi connectivity index (χ0v) is 31.6. The van der Waals surface area contributed by atoms with Crippen LogP contribution in [0.5, 0.6) is 0 Å². The Hall–Kier alpha value is -1.43. The molecule has 1 N–H and O–H groups in total. The number of hydrogen-bond acceptors (Lipinski definition) is 13. The molecule has 350 valence electrons. The van der Waals surface area contributed by atoms with Crippen LogP contribution in [0.2, 0.25) is 0 Å². The van der Waals surface area contributed by atoms with E-state index < -0.39 is 55.4 Å². The van der Waals surface area contributed by atoms with Gasteiger partial charge in [0.2, 0.25) is 0 Å². The number of aliphatic hydroxyl groups excluding tert-OH is 1. The van der Waals surface area contributed by atoms with Crippen molar-refractivity contribution < 1.29 is 119 Å². The molecule has 0 saturated heterocycles. The van der Waals surface area contributed by atoms with Crippen LogP contribution in [0.3, 0.4) is 0 Å². The van der Waals surface area contributed by atoms with Crippen molar-refractivity contribution in [1.82, 2.24) is 0 Å². The molecule has 0 unspecified atom stereocenters. The lowest BCUT2D eigenvalue weighted by Crippen LogP contribution is -2.70. The van der Waals surface area contributed by atoms with Crippen LogP contribution in [0.1, 0.15) is 6.42 Å². The van der Waals surface area contributed by atoms with E-state index in [9.17, 15) is 57.1 Å². The Balaban J connectivity index is 3.57. The number of alkyl halides is 13. The van der Waals surface area contributed by atoms with E-state index in [1.54, 1.807) is 0 Å². The SMILES string of the molecule is OCCOCCOCCOCCOCCOCCOCCOCCOCCOCCOCCOCCOCCC(F)(F)C(F)(F)C(F)(F)C(F)(F)C(F)(F)C(F)(F)F. The molecule has 26 heteroatoms. The van der Waals surface area contributed by atoms with Crippen LogP contribution in [0, 0.1) is 0 Å². The second kappa shape index (κ2) is 31.4. The van der Waals surface area contributed by atoms with Crippen molar-refractivity contribution in [3.63, 3.8) is 0 Å². The summed E-state index contributed by atoms with van der Waals surface area (Å²) in [4.78, 5) is 0. The summed E-state index contributed by atoms with van der Waals surface area (Å²) < 4.78 is 233. The van der Waals surface area contributed by atoms with Crippen molar-refractivity contribution >= 4 is 0 Å². The Kier molecular flexibility index (Phi) is 30.6. The largest absolute Gasteiger partial charge is 0.460 e. The summed E-state index contributed by atoms with van der Waals surface area (Å²) in [5.74, 6) is -37.0. The highest BCUT2D eigenvalue weighted by atomic mass is 19.4. The molecule has 0 aliphatic heterocycles. The molecular formula is C32H53F13O13. The fourth-order valence-electron chi connectivity index (χ4n) is 3.75. The maximum atomic E-state index is 13.7. The first-order valence-electron chi connectivity index (χ1n) is 17.8. The van der Waals surface area contributed by atoms with Gasteiger partial charge in [0, 0.05) is 6.42 Å². The number of hydrogen-bond donors (Lipinski definition) is 1. The standard InChI is InChI=1S/C32H53F13O13/c33-27(34,28(35,36)29(37,38)30(39,40)31(41,42)32(43,44)45)1-3-47-5-7-49-9-11-51-13-15-53-17-19-55-21-23-57-25-26-58-24-22-56-20-18-54-16-14-52-12-10-50-8-6-48-4-2-46/h46H,1-26H2. The minimum Gasteiger partial charge on any atom is -0.394 e. The highest BCUT2D eigenvalue weighted by Crippen LogP contribution is 2.60. The van der Waals surface area contributed by atoms with E-state index in [-0.39, 0.29) is 59.5 Å². The van der Waals surface area contributed by atoms with Gasteiger partial charge in [-0.2, -0.15) is 57.1 Å². The van der Waals surface area contributed by atoms with E-state index in [1.165, 1.54) is 0 Å². The Morgan fingerprint density at radius 1 is 0.241 bits per heavy atom. The smallest absolute Gasteiger partial charge is 0.394 e. The molecule has 0 atom stereocenters. The summed E-state index contributed by atoms with van der Waals surface area (Å²) in [5.41, 5.74) is 0. The lowest BCUT2D eigenvalue weighted by atomic mass is 9.93. The zero-order chi connectivity index (χ0) is 43.9. The van der Waals surface area contributed by atoms with Crippen molar-refractivity contribution in [3.05, 3.63) is 0 Å². The van der Waals surface area contributed by atoms with Crippen LogP contribution in [0.15, 0.2) is 0 Å². The van der Waals surface area contributed by atoms with Crippen LogP contribution in [0.4, 0.5) is 57.1 Å². The molecule has 0 heterocycles. The van der Waals surface area contributed by atoms with E-state index in [1.807, 2.05) is 0 Å². The van der Waals surface area contributed by atoms with Crippen molar-refractivity contribution in [3.8, 4) is 0 Å². The highest BCUT2D eigenvalue weighted by Gasteiger charge is 2.90. The molecule has 0 amide bonds. The zero-order valence-electron chi connectivity index (χ0n) is 31.6. The predicted octanol–water partition coefficient (Wildman–Crippen LogP) is 4.31. The first kappa shape index (κ1) is 56.6. The van der Waals surface area contributed by atoms with Gasteiger partial charge >= 0.3 is 35.8 Å². The molecule has 0 radical (unpaired) electrons. The van der Waals surface area contributed by atoms with E-state index in [4.69, 9.17) is 57.2 Å². The van der Waals surface area contributed by atoms with Gasteiger partial charge in [-0.05, 0) is 0 Å². The summed E-state index contributed by atoms with van der Waals surface area (Å²) in [5, 5.41) is 8.56. The van der Waals surface area contributed by atoms with Crippen molar-refractivity contribution in [1.29, 1.82) is 0 Å². The van der Waals surface area contributed by atoms with E-state index >= 15 is 0 Å². The molecule has 0 fully saturated rings. The van der Waals surface area contributed by atoms with E-state index in [2.05, 4.69) is 4.74 Å². The van der Waals surface area contributed by atoms with Gasteiger partial charge in [0.25, 0.3) is 0 Å². The predicted molar refractivity (Wildman–Crippen MR) is 172 cm³/mol. The maximum Gasteiger partial charge on any atom is 0.460 e. The molecular weight excluding hydrogens is 839 g/mol. The van der Waals surface area contributed by atoms with E-state index in [0.29, 0.717) is 92.5 Å². The van der Waals surface area contributed by atoms with Gasteiger partial charge in [-0.3, -0.25) is 0 Å². The molecule has 13 nitrogen and oxygen atoms in total. The molecule has 0 saturated carbocycles. The van der Waals surface area contributed by atoms with Gasteiger partial charge in [0.1, 0.15) is 0 Å². The van der Waals surface area contributed by atoms with Crippen molar-refractivity contribution in [2.45, 2.75) is 42.2 Å². The van der Waals surface area contributed by atoms with Gasteiger partial charge in [0.05, 0.1) is 165 Å².